The lowest BCUT2D eigenvalue weighted by Crippen LogP contribution is -2.23. The second-order valence-electron chi connectivity index (χ2n) is 6.92. The summed E-state index contributed by atoms with van der Waals surface area (Å²) < 4.78 is 0. The van der Waals surface area contributed by atoms with Crippen LogP contribution in [0.2, 0.25) is 0 Å². The number of aryl methyl sites for hydroxylation is 1. The summed E-state index contributed by atoms with van der Waals surface area (Å²) in [6, 6.07) is 15.9. The highest BCUT2D eigenvalue weighted by molar-refractivity contribution is 6.00. The third-order valence-corrected chi connectivity index (χ3v) is 5.21. The van der Waals surface area contributed by atoms with Gasteiger partial charge in [-0.2, -0.15) is 0 Å². The molecule has 0 aliphatic heterocycles. The minimum atomic E-state index is -0.0279. The van der Waals surface area contributed by atoms with Crippen LogP contribution in [0.1, 0.15) is 45.2 Å². The smallest absolute Gasteiger partial charge is 0.220 e. The molecular weight excluding hydrogens is 338 g/mol. The number of nitrogens with zero attached hydrogens (tertiary/aromatic N) is 2. The van der Waals surface area contributed by atoms with E-state index in [1.54, 1.807) is 6.92 Å². The summed E-state index contributed by atoms with van der Waals surface area (Å²) >= 11 is 0. The minimum Gasteiger partial charge on any atom is -0.392 e. The van der Waals surface area contributed by atoms with Crippen LogP contribution in [0.4, 0.5) is 5.95 Å². The van der Waals surface area contributed by atoms with Crippen molar-refractivity contribution in [1.29, 1.82) is 0 Å². The molecule has 0 bridgehead atoms. The van der Waals surface area contributed by atoms with Crippen molar-refractivity contribution in [3.05, 3.63) is 76.6 Å². The standard InChI is InChI=1S/C22H21N3O2/c1-13-21-19(25-22(23)24-13)10-15(11-20(21)27)17-8-4-5-9-18(17)16-7-3-2-6-14(16)12-26/h2-9,15,26H,10-12H2,1H3,(H2,23,24,25). The lowest BCUT2D eigenvalue weighted by atomic mass is 9.78. The van der Waals surface area contributed by atoms with Gasteiger partial charge in [-0.3, -0.25) is 4.79 Å². The quantitative estimate of drug-likeness (QED) is 0.748. The maximum atomic E-state index is 12.8. The Balaban J connectivity index is 1.81. The molecule has 1 atom stereocenters. The number of carbonyl (C=O) groups excluding carboxylic acids is 1. The number of aliphatic hydroxyl groups is 1. The van der Waals surface area contributed by atoms with Crippen LogP contribution in [-0.4, -0.2) is 20.9 Å². The number of Topliss-reactive ketones (excluding diaryl/α,β-unsaturated/α-hetero) is 1. The molecule has 1 heterocycles. The number of anilines is 1. The van der Waals surface area contributed by atoms with Crippen LogP contribution >= 0.6 is 0 Å². The van der Waals surface area contributed by atoms with E-state index in [0.29, 0.717) is 24.1 Å². The molecule has 5 heteroatoms. The first-order valence-corrected chi connectivity index (χ1v) is 9.02. The van der Waals surface area contributed by atoms with Gasteiger partial charge in [-0.05, 0) is 41.5 Å². The third-order valence-electron chi connectivity index (χ3n) is 5.21. The number of carbonyl (C=O) groups is 1. The fraction of sp³-hybridized carbons (Fsp3) is 0.227. The largest absolute Gasteiger partial charge is 0.392 e. The van der Waals surface area contributed by atoms with Crippen LogP contribution in [0.15, 0.2) is 48.5 Å². The number of rotatable bonds is 3. The molecule has 1 aliphatic rings. The normalized spacial score (nSPS) is 16.2. The molecule has 3 N–H and O–H groups in total. The molecule has 0 saturated heterocycles. The van der Waals surface area contributed by atoms with E-state index in [0.717, 1.165) is 27.9 Å². The van der Waals surface area contributed by atoms with E-state index in [1.165, 1.54) is 0 Å². The molecule has 0 amide bonds. The Labute approximate surface area is 157 Å². The van der Waals surface area contributed by atoms with Crippen LogP contribution in [-0.2, 0) is 13.0 Å². The molecule has 4 rings (SSSR count). The first-order valence-electron chi connectivity index (χ1n) is 9.02. The molecule has 136 valence electrons. The summed E-state index contributed by atoms with van der Waals surface area (Å²) in [5.41, 5.74) is 11.8. The first-order chi connectivity index (χ1) is 13.1. The molecule has 5 nitrogen and oxygen atoms in total. The summed E-state index contributed by atoms with van der Waals surface area (Å²) in [6.07, 6.45) is 1.06. The summed E-state index contributed by atoms with van der Waals surface area (Å²) in [7, 11) is 0. The number of nitrogens with two attached hydrogens (primary N) is 1. The molecule has 0 spiro atoms. The van der Waals surface area contributed by atoms with Gasteiger partial charge in [0.25, 0.3) is 0 Å². The van der Waals surface area contributed by atoms with Crippen LogP contribution in [0, 0.1) is 6.92 Å². The lowest BCUT2D eigenvalue weighted by Gasteiger charge is -2.26. The number of benzene rings is 2. The van der Waals surface area contributed by atoms with Crippen molar-refractivity contribution in [3.63, 3.8) is 0 Å². The molecule has 2 aromatic carbocycles. The zero-order valence-corrected chi connectivity index (χ0v) is 15.1. The Bertz CT molecular complexity index is 1030. The molecule has 1 unspecified atom stereocenters. The van der Waals surface area contributed by atoms with Crippen molar-refractivity contribution in [2.45, 2.75) is 32.3 Å². The van der Waals surface area contributed by atoms with Gasteiger partial charge in [0.15, 0.2) is 5.78 Å². The van der Waals surface area contributed by atoms with Crippen LogP contribution < -0.4 is 5.73 Å². The second-order valence-corrected chi connectivity index (χ2v) is 6.92. The van der Waals surface area contributed by atoms with Crippen molar-refractivity contribution < 1.29 is 9.90 Å². The molecule has 0 radical (unpaired) electrons. The van der Waals surface area contributed by atoms with E-state index in [1.807, 2.05) is 42.5 Å². The summed E-state index contributed by atoms with van der Waals surface area (Å²) in [4.78, 5) is 21.3. The second kappa shape index (κ2) is 6.93. The predicted molar refractivity (Wildman–Crippen MR) is 104 cm³/mol. The van der Waals surface area contributed by atoms with Gasteiger partial charge in [-0.25, -0.2) is 9.97 Å². The van der Waals surface area contributed by atoms with Crippen LogP contribution in [0.25, 0.3) is 11.1 Å². The van der Waals surface area contributed by atoms with Crippen LogP contribution in [0.3, 0.4) is 0 Å². The highest BCUT2D eigenvalue weighted by Crippen LogP contribution is 2.38. The Morgan fingerprint density at radius 1 is 1.04 bits per heavy atom. The molecule has 1 aromatic heterocycles. The highest BCUT2D eigenvalue weighted by atomic mass is 16.3. The maximum Gasteiger partial charge on any atom is 0.220 e. The van der Waals surface area contributed by atoms with Gasteiger partial charge in [0.05, 0.1) is 23.6 Å². The van der Waals surface area contributed by atoms with Gasteiger partial charge in [0.1, 0.15) is 0 Å². The first kappa shape index (κ1) is 17.4. The van der Waals surface area contributed by atoms with Crippen molar-refractivity contribution >= 4 is 11.7 Å². The number of aromatic nitrogens is 2. The lowest BCUT2D eigenvalue weighted by molar-refractivity contribution is 0.0962. The molecular formula is C22H21N3O2. The zero-order valence-electron chi connectivity index (χ0n) is 15.1. The van der Waals surface area contributed by atoms with Gasteiger partial charge in [0.2, 0.25) is 5.95 Å². The van der Waals surface area contributed by atoms with E-state index in [-0.39, 0.29) is 24.3 Å². The van der Waals surface area contributed by atoms with Crippen molar-refractivity contribution in [2.24, 2.45) is 0 Å². The molecule has 0 saturated carbocycles. The maximum absolute atomic E-state index is 12.8. The number of fused-ring (bicyclic) bond motifs is 1. The Kier molecular flexibility index (Phi) is 4.46. The molecule has 27 heavy (non-hydrogen) atoms. The average molecular weight is 359 g/mol. The number of aliphatic hydroxyl groups excluding tert-OH is 1. The topological polar surface area (TPSA) is 89.1 Å². The average Bonchev–Trinajstić information content (AvgIpc) is 2.67. The molecule has 3 aromatic rings. The van der Waals surface area contributed by atoms with Crippen LogP contribution in [0.5, 0.6) is 0 Å². The SMILES string of the molecule is Cc1nc(N)nc2c1C(=O)CC(c1ccccc1-c1ccccc1CO)C2. The van der Waals surface area contributed by atoms with Crippen molar-refractivity contribution in [1.82, 2.24) is 9.97 Å². The number of nitrogen functional groups attached to an aromatic ring is 1. The molecule has 1 aliphatic carbocycles. The van der Waals surface area contributed by atoms with Gasteiger partial charge in [0, 0.05) is 6.42 Å². The van der Waals surface area contributed by atoms with Gasteiger partial charge < -0.3 is 10.8 Å². The van der Waals surface area contributed by atoms with Crippen molar-refractivity contribution in [2.75, 3.05) is 5.73 Å². The van der Waals surface area contributed by atoms with Gasteiger partial charge in [-0.15, -0.1) is 0 Å². The van der Waals surface area contributed by atoms with Gasteiger partial charge >= 0.3 is 0 Å². The van der Waals surface area contributed by atoms with E-state index in [2.05, 4.69) is 16.0 Å². The molecule has 0 fully saturated rings. The van der Waals surface area contributed by atoms with Gasteiger partial charge in [-0.1, -0.05) is 48.5 Å². The number of hydrogen-bond acceptors (Lipinski definition) is 5. The summed E-state index contributed by atoms with van der Waals surface area (Å²) in [6.45, 7) is 1.78. The zero-order chi connectivity index (χ0) is 19.0. The fourth-order valence-electron chi connectivity index (χ4n) is 4.04. The fourth-order valence-corrected chi connectivity index (χ4v) is 4.04. The summed E-state index contributed by atoms with van der Waals surface area (Å²) in [5, 5.41) is 9.73. The third kappa shape index (κ3) is 3.11. The van der Waals surface area contributed by atoms with Crippen molar-refractivity contribution in [3.8, 4) is 11.1 Å². The van der Waals surface area contributed by atoms with E-state index < -0.39 is 0 Å². The summed E-state index contributed by atoms with van der Waals surface area (Å²) in [5.74, 6) is 0.282. The Morgan fingerprint density at radius 3 is 2.52 bits per heavy atom. The Hall–Kier alpha value is -3.05. The number of hydrogen-bond donors (Lipinski definition) is 2. The van der Waals surface area contributed by atoms with E-state index in [9.17, 15) is 9.90 Å². The Morgan fingerprint density at radius 2 is 1.74 bits per heavy atom. The highest BCUT2D eigenvalue weighted by Gasteiger charge is 2.31. The minimum absolute atomic E-state index is 0.0154. The number of ketones is 1. The predicted octanol–water partition coefficient (Wildman–Crippen LogP) is 3.44. The van der Waals surface area contributed by atoms with E-state index >= 15 is 0 Å². The monoisotopic (exact) mass is 359 g/mol. The van der Waals surface area contributed by atoms with E-state index in [4.69, 9.17) is 5.73 Å².